The second-order valence-corrected chi connectivity index (χ2v) is 5.91. The number of nitrogens with one attached hydrogen (secondary N) is 1. The Kier molecular flexibility index (Phi) is 9.40. The molecule has 0 aliphatic heterocycles. The summed E-state index contributed by atoms with van der Waals surface area (Å²) in [5, 5.41) is 2.71. The normalized spacial score (nSPS) is 10.5. The lowest BCUT2D eigenvalue weighted by Gasteiger charge is -2.18. The molecular weight excluding hydrogens is 346 g/mol. The van der Waals surface area contributed by atoms with Crippen LogP contribution in [0.1, 0.15) is 38.2 Å². The highest BCUT2D eigenvalue weighted by molar-refractivity contribution is 5.75. The second-order valence-electron chi connectivity index (χ2n) is 5.91. The Morgan fingerprint density at radius 1 is 1.19 bits per heavy atom. The number of nitrogens with zero attached hydrogens (tertiary/aromatic N) is 1. The molecule has 8 heteroatoms. The van der Waals surface area contributed by atoms with Crippen molar-refractivity contribution in [2.75, 3.05) is 20.7 Å². The van der Waals surface area contributed by atoms with Gasteiger partial charge in [-0.15, -0.1) is 0 Å². The first kappa shape index (κ1) is 21.7. The first-order valence-corrected chi connectivity index (χ1v) is 8.43. The van der Waals surface area contributed by atoms with E-state index >= 15 is 0 Å². The summed E-state index contributed by atoms with van der Waals surface area (Å²) in [5.41, 5.74) is 0.755. The molecule has 2 amide bonds. The van der Waals surface area contributed by atoms with E-state index in [1.807, 2.05) is 0 Å². The minimum Gasteiger partial charge on any atom is -0.493 e. The Morgan fingerprint density at radius 2 is 1.92 bits per heavy atom. The van der Waals surface area contributed by atoms with Crippen molar-refractivity contribution >= 4 is 11.8 Å². The quantitative estimate of drug-likeness (QED) is 0.607. The van der Waals surface area contributed by atoms with Crippen LogP contribution in [0.15, 0.2) is 18.2 Å². The predicted octanol–water partition coefficient (Wildman–Crippen LogP) is 2.95. The Morgan fingerprint density at radius 3 is 2.54 bits per heavy atom. The number of hydrogen-bond acceptors (Lipinski definition) is 4. The molecule has 0 atom stereocenters. The summed E-state index contributed by atoms with van der Waals surface area (Å²) >= 11 is 0. The van der Waals surface area contributed by atoms with E-state index in [0.717, 1.165) is 24.8 Å². The minimum atomic E-state index is -2.93. The van der Waals surface area contributed by atoms with Crippen LogP contribution in [0.4, 0.5) is 8.78 Å². The molecule has 0 radical (unpaired) electrons. The van der Waals surface area contributed by atoms with Gasteiger partial charge in [-0.25, -0.2) is 0 Å². The van der Waals surface area contributed by atoms with E-state index in [4.69, 9.17) is 4.74 Å². The molecule has 1 aromatic carbocycles. The van der Waals surface area contributed by atoms with Gasteiger partial charge < -0.3 is 19.7 Å². The Bertz CT molecular complexity index is 597. The molecule has 26 heavy (non-hydrogen) atoms. The molecule has 0 fully saturated rings. The molecule has 146 valence electrons. The topological polar surface area (TPSA) is 67.9 Å². The standard InChI is InChI=1S/C18H26F2N2O4/c1-13(23)21-10-6-4-5-7-17(24)22(2)12-14-8-9-15(26-18(19)20)16(11-14)25-3/h8-9,11,18H,4-7,10,12H2,1-3H3,(H,21,23). The van der Waals surface area contributed by atoms with Crippen molar-refractivity contribution in [2.45, 2.75) is 45.8 Å². The van der Waals surface area contributed by atoms with Gasteiger partial charge in [0.05, 0.1) is 7.11 Å². The zero-order valence-electron chi connectivity index (χ0n) is 15.4. The van der Waals surface area contributed by atoms with E-state index in [1.165, 1.54) is 20.1 Å². The molecule has 0 spiro atoms. The number of carbonyl (C=O) groups is 2. The fourth-order valence-electron chi connectivity index (χ4n) is 2.40. The molecule has 0 aliphatic rings. The molecule has 0 aromatic heterocycles. The molecule has 0 unspecified atom stereocenters. The van der Waals surface area contributed by atoms with Crippen LogP contribution in [-0.4, -0.2) is 44.0 Å². The molecule has 1 aromatic rings. The van der Waals surface area contributed by atoms with Crippen LogP contribution >= 0.6 is 0 Å². The SMILES string of the molecule is COc1cc(CN(C)C(=O)CCCCCNC(C)=O)ccc1OC(F)F. The highest BCUT2D eigenvalue weighted by Gasteiger charge is 2.13. The van der Waals surface area contributed by atoms with Crippen LogP contribution in [0, 0.1) is 0 Å². The molecule has 0 saturated carbocycles. The number of benzene rings is 1. The van der Waals surface area contributed by atoms with Crippen LogP contribution in [0.25, 0.3) is 0 Å². The monoisotopic (exact) mass is 372 g/mol. The van der Waals surface area contributed by atoms with Crippen molar-refractivity contribution < 1.29 is 27.8 Å². The number of halogens is 2. The van der Waals surface area contributed by atoms with Gasteiger partial charge in [0, 0.05) is 33.5 Å². The maximum absolute atomic E-state index is 12.3. The molecule has 1 rings (SSSR count). The zero-order chi connectivity index (χ0) is 19.5. The molecule has 0 heterocycles. The number of ether oxygens (including phenoxy) is 2. The number of carbonyl (C=O) groups excluding carboxylic acids is 2. The van der Waals surface area contributed by atoms with Crippen LogP contribution in [0.2, 0.25) is 0 Å². The second kappa shape index (κ2) is 11.3. The van der Waals surface area contributed by atoms with Gasteiger partial charge >= 0.3 is 6.61 Å². The third-order valence-corrected chi connectivity index (χ3v) is 3.73. The Hall–Kier alpha value is -2.38. The third-order valence-electron chi connectivity index (χ3n) is 3.73. The first-order chi connectivity index (χ1) is 12.3. The molecule has 0 aliphatic carbocycles. The number of amides is 2. The van der Waals surface area contributed by atoms with E-state index in [9.17, 15) is 18.4 Å². The van der Waals surface area contributed by atoms with E-state index < -0.39 is 6.61 Å². The lowest BCUT2D eigenvalue weighted by molar-refractivity contribution is -0.130. The average Bonchev–Trinajstić information content (AvgIpc) is 2.58. The van der Waals surface area contributed by atoms with Gasteiger partial charge in [-0.3, -0.25) is 9.59 Å². The molecule has 6 nitrogen and oxygen atoms in total. The zero-order valence-corrected chi connectivity index (χ0v) is 15.4. The summed E-state index contributed by atoms with van der Waals surface area (Å²) in [5.74, 6) is 0.0960. The average molecular weight is 372 g/mol. The highest BCUT2D eigenvalue weighted by Crippen LogP contribution is 2.29. The molecule has 0 bridgehead atoms. The Balaban J connectivity index is 2.44. The van der Waals surface area contributed by atoms with Gasteiger partial charge in [0.2, 0.25) is 11.8 Å². The van der Waals surface area contributed by atoms with Crippen molar-refractivity contribution in [3.8, 4) is 11.5 Å². The van der Waals surface area contributed by atoms with E-state index in [1.54, 1.807) is 24.1 Å². The van der Waals surface area contributed by atoms with Gasteiger partial charge in [0.1, 0.15) is 0 Å². The summed E-state index contributed by atoms with van der Waals surface area (Å²) in [6.07, 6.45) is 2.85. The number of hydrogen-bond donors (Lipinski definition) is 1. The van der Waals surface area contributed by atoms with Gasteiger partial charge in [0.15, 0.2) is 11.5 Å². The number of rotatable bonds is 11. The largest absolute Gasteiger partial charge is 0.493 e. The van der Waals surface area contributed by atoms with Gasteiger partial charge in [0.25, 0.3) is 0 Å². The van der Waals surface area contributed by atoms with Gasteiger partial charge in [-0.1, -0.05) is 12.5 Å². The summed E-state index contributed by atoms with van der Waals surface area (Å²) in [6.45, 7) is -0.494. The van der Waals surface area contributed by atoms with Gasteiger partial charge in [-0.05, 0) is 30.5 Å². The fourth-order valence-corrected chi connectivity index (χ4v) is 2.40. The molecule has 1 N–H and O–H groups in total. The van der Waals surface area contributed by atoms with Crippen molar-refractivity contribution in [2.24, 2.45) is 0 Å². The third kappa shape index (κ3) is 8.13. The van der Waals surface area contributed by atoms with E-state index in [2.05, 4.69) is 10.1 Å². The van der Waals surface area contributed by atoms with Crippen LogP contribution in [0.5, 0.6) is 11.5 Å². The number of methoxy groups -OCH3 is 1. The van der Waals surface area contributed by atoms with Crippen LogP contribution in [0.3, 0.4) is 0 Å². The minimum absolute atomic E-state index is 0.00333. The Labute approximate surface area is 152 Å². The van der Waals surface area contributed by atoms with Crippen molar-refractivity contribution in [1.29, 1.82) is 0 Å². The van der Waals surface area contributed by atoms with Crippen LogP contribution in [-0.2, 0) is 16.1 Å². The van der Waals surface area contributed by atoms with Crippen molar-refractivity contribution in [3.05, 3.63) is 23.8 Å². The fraction of sp³-hybridized carbons (Fsp3) is 0.556. The maximum Gasteiger partial charge on any atom is 0.387 e. The molecule has 0 saturated heterocycles. The number of unbranched alkanes of at least 4 members (excludes halogenated alkanes) is 2. The highest BCUT2D eigenvalue weighted by atomic mass is 19.3. The number of alkyl halides is 2. The smallest absolute Gasteiger partial charge is 0.387 e. The summed E-state index contributed by atoms with van der Waals surface area (Å²) in [4.78, 5) is 24.5. The van der Waals surface area contributed by atoms with Crippen LogP contribution < -0.4 is 14.8 Å². The first-order valence-electron chi connectivity index (χ1n) is 8.43. The summed E-state index contributed by atoms with van der Waals surface area (Å²) in [7, 11) is 3.06. The predicted molar refractivity (Wildman–Crippen MR) is 93.3 cm³/mol. The lowest BCUT2D eigenvalue weighted by atomic mass is 10.1. The molecular formula is C18H26F2N2O4. The van der Waals surface area contributed by atoms with E-state index in [-0.39, 0.29) is 23.3 Å². The van der Waals surface area contributed by atoms with Crippen molar-refractivity contribution in [1.82, 2.24) is 10.2 Å². The van der Waals surface area contributed by atoms with Gasteiger partial charge in [-0.2, -0.15) is 8.78 Å². The van der Waals surface area contributed by atoms with E-state index in [0.29, 0.717) is 19.5 Å². The lowest BCUT2D eigenvalue weighted by Crippen LogP contribution is -2.26. The summed E-state index contributed by atoms with van der Waals surface area (Å²) < 4.78 is 34.1. The summed E-state index contributed by atoms with van der Waals surface area (Å²) in [6, 6.07) is 4.60. The maximum atomic E-state index is 12.3. The van der Waals surface area contributed by atoms with Crippen molar-refractivity contribution in [3.63, 3.8) is 0 Å².